The molecule has 0 radical (unpaired) electrons. The summed E-state index contributed by atoms with van der Waals surface area (Å²) in [4.78, 5) is 0. The van der Waals surface area contributed by atoms with Gasteiger partial charge >= 0.3 is 0 Å². The van der Waals surface area contributed by atoms with Gasteiger partial charge in [0.25, 0.3) is 0 Å². The monoisotopic (exact) mass is 319 g/mol. The van der Waals surface area contributed by atoms with Crippen LogP contribution < -0.4 is 14.2 Å². The van der Waals surface area contributed by atoms with E-state index in [2.05, 4.69) is 18.2 Å². The smallest absolute Gasteiger partial charge is 0.162 e. The summed E-state index contributed by atoms with van der Waals surface area (Å²) in [6.07, 6.45) is 0. The molecule has 24 heavy (non-hydrogen) atoms. The maximum atomic E-state index is 8.90. The fraction of sp³-hybridized carbons (Fsp3) is 0.150. The van der Waals surface area contributed by atoms with Crippen LogP contribution in [0.1, 0.15) is 5.56 Å². The van der Waals surface area contributed by atoms with Crippen molar-refractivity contribution < 1.29 is 14.2 Å². The first-order valence-corrected chi connectivity index (χ1v) is 7.62. The van der Waals surface area contributed by atoms with Gasteiger partial charge in [-0.2, -0.15) is 5.26 Å². The molecule has 0 fully saturated rings. The van der Waals surface area contributed by atoms with E-state index < -0.39 is 0 Å². The molecule has 0 heterocycles. The van der Waals surface area contributed by atoms with Gasteiger partial charge in [0.2, 0.25) is 0 Å². The molecule has 120 valence electrons. The third kappa shape index (κ3) is 3.58. The largest absolute Gasteiger partial charge is 0.493 e. The van der Waals surface area contributed by atoms with Crippen molar-refractivity contribution in [3.63, 3.8) is 0 Å². The van der Waals surface area contributed by atoms with Gasteiger partial charge in [-0.15, -0.1) is 0 Å². The Labute approximate surface area is 140 Å². The highest BCUT2D eigenvalue weighted by Gasteiger charge is 2.06. The zero-order chi connectivity index (χ0) is 16.8. The second kappa shape index (κ2) is 7.38. The first-order valence-electron chi connectivity index (χ1n) is 7.62. The van der Waals surface area contributed by atoms with Crippen molar-refractivity contribution in [1.82, 2.24) is 0 Å². The molecule has 4 heteroatoms. The lowest BCUT2D eigenvalue weighted by Crippen LogP contribution is -2.09. The minimum atomic E-state index is 0.384. The maximum Gasteiger partial charge on any atom is 0.162 e. The number of fused-ring (bicyclic) bond motifs is 1. The number of nitriles is 1. The van der Waals surface area contributed by atoms with Crippen LogP contribution in [0.4, 0.5) is 0 Å². The predicted molar refractivity (Wildman–Crippen MR) is 92.6 cm³/mol. The lowest BCUT2D eigenvalue weighted by Gasteiger charge is -2.12. The van der Waals surface area contributed by atoms with Gasteiger partial charge in [0.15, 0.2) is 11.5 Å². The van der Waals surface area contributed by atoms with E-state index in [9.17, 15) is 0 Å². The zero-order valence-electron chi connectivity index (χ0n) is 13.4. The number of nitrogens with zero attached hydrogens (tertiary/aromatic N) is 1. The number of rotatable bonds is 6. The Balaban J connectivity index is 1.57. The fourth-order valence-electron chi connectivity index (χ4n) is 2.42. The third-order valence-electron chi connectivity index (χ3n) is 3.62. The number of methoxy groups -OCH3 is 1. The molecule has 4 nitrogen and oxygen atoms in total. The van der Waals surface area contributed by atoms with Crippen LogP contribution in [0.15, 0.2) is 60.7 Å². The Morgan fingerprint density at radius 3 is 2.42 bits per heavy atom. The Morgan fingerprint density at radius 2 is 1.62 bits per heavy atom. The minimum Gasteiger partial charge on any atom is -0.493 e. The summed E-state index contributed by atoms with van der Waals surface area (Å²) in [6, 6.07) is 21.3. The van der Waals surface area contributed by atoms with Gasteiger partial charge in [-0.3, -0.25) is 0 Å². The molecule has 0 saturated heterocycles. The molecular weight excluding hydrogens is 302 g/mol. The quantitative estimate of drug-likeness (QED) is 0.640. The molecule has 0 aliphatic rings. The van der Waals surface area contributed by atoms with E-state index in [1.165, 1.54) is 5.39 Å². The zero-order valence-corrected chi connectivity index (χ0v) is 13.4. The summed E-state index contributed by atoms with van der Waals surface area (Å²) in [7, 11) is 1.55. The van der Waals surface area contributed by atoms with Crippen molar-refractivity contribution >= 4 is 10.8 Å². The Bertz CT molecular complexity index is 883. The second-order valence-electron chi connectivity index (χ2n) is 5.18. The van der Waals surface area contributed by atoms with Crippen LogP contribution in [-0.4, -0.2) is 20.3 Å². The van der Waals surface area contributed by atoms with E-state index in [1.54, 1.807) is 25.3 Å². The Morgan fingerprint density at radius 1 is 0.833 bits per heavy atom. The van der Waals surface area contributed by atoms with E-state index in [-0.39, 0.29) is 0 Å². The Hall–Kier alpha value is -3.19. The summed E-state index contributed by atoms with van der Waals surface area (Å²) in [5.74, 6) is 1.95. The second-order valence-corrected chi connectivity index (χ2v) is 5.18. The van der Waals surface area contributed by atoms with E-state index >= 15 is 0 Å². The van der Waals surface area contributed by atoms with E-state index in [1.807, 2.05) is 30.3 Å². The molecule has 0 aromatic heterocycles. The van der Waals surface area contributed by atoms with Crippen LogP contribution in [0.3, 0.4) is 0 Å². The van der Waals surface area contributed by atoms with Gasteiger partial charge in [-0.1, -0.05) is 30.3 Å². The summed E-state index contributed by atoms with van der Waals surface area (Å²) < 4.78 is 16.6. The molecule has 0 spiro atoms. The van der Waals surface area contributed by atoms with Gasteiger partial charge < -0.3 is 14.2 Å². The molecule has 0 unspecified atom stereocenters. The highest BCUT2D eigenvalue weighted by molar-refractivity contribution is 5.83. The molecular formula is C20H17NO3. The molecule has 0 aliphatic carbocycles. The van der Waals surface area contributed by atoms with Crippen LogP contribution >= 0.6 is 0 Å². The van der Waals surface area contributed by atoms with Crippen molar-refractivity contribution in [2.24, 2.45) is 0 Å². The molecule has 3 rings (SSSR count). The standard InChI is InChI=1S/C20H17NO3/c1-22-20-12-15(14-21)6-9-19(20)24-11-10-23-18-8-7-16-4-2-3-5-17(16)13-18/h2-9,12-13H,10-11H2,1H3. The van der Waals surface area contributed by atoms with E-state index in [0.29, 0.717) is 30.3 Å². The summed E-state index contributed by atoms with van der Waals surface area (Å²) in [5, 5.41) is 11.2. The first kappa shape index (κ1) is 15.7. The normalized spacial score (nSPS) is 10.2. The summed E-state index contributed by atoms with van der Waals surface area (Å²) in [6.45, 7) is 0.802. The number of hydrogen-bond acceptors (Lipinski definition) is 4. The van der Waals surface area contributed by atoms with Crippen LogP contribution in [0.5, 0.6) is 17.2 Å². The molecule has 3 aromatic carbocycles. The fourth-order valence-corrected chi connectivity index (χ4v) is 2.42. The molecule has 0 aliphatic heterocycles. The van der Waals surface area contributed by atoms with Gasteiger partial charge in [-0.05, 0) is 35.0 Å². The number of hydrogen-bond donors (Lipinski definition) is 0. The topological polar surface area (TPSA) is 51.5 Å². The van der Waals surface area contributed by atoms with Crippen LogP contribution in [0, 0.1) is 11.3 Å². The van der Waals surface area contributed by atoms with Crippen molar-refractivity contribution in [2.75, 3.05) is 20.3 Å². The number of benzene rings is 3. The molecule has 0 N–H and O–H groups in total. The van der Waals surface area contributed by atoms with Crippen molar-refractivity contribution in [2.45, 2.75) is 0 Å². The summed E-state index contributed by atoms with van der Waals surface area (Å²) in [5.41, 5.74) is 0.534. The van der Waals surface area contributed by atoms with Gasteiger partial charge in [-0.25, -0.2) is 0 Å². The first-order chi connectivity index (χ1) is 11.8. The molecule has 3 aromatic rings. The van der Waals surface area contributed by atoms with Gasteiger partial charge in [0, 0.05) is 6.07 Å². The van der Waals surface area contributed by atoms with Gasteiger partial charge in [0.05, 0.1) is 18.7 Å². The minimum absolute atomic E-state index is 0.384. The average Bonchev–Trinajstić information content (AvgIpc) is 2.65. The maximum absolute atomic E-state index is 8.90. The van der Waals surface area contributed by atoms with Crippen LogP contribution in [0.25, 0.3) is 10.8 Å². The average molecular weight is 319 g/mol. The molecule has 0 saturated carbocycles. The lowest BCUT2D eigenvalue weighted by atomic mass is 10.1. The summed E-state index contributed by atoms with van der Waals surface area (Å²) >= 11 is 0. The van der Waals surface area contributed by atoms with Crippen molar-refractivity contribution in [1.29, 1.82) is 5.26 Å². The molecule has 0 bridgehead atoms. The Kier molecular flexibility index (Phi) is 4.83. The van der Waals surface area contributed by atoms with E-state index in [0.717, 1.165) is 11.1 Å². The highest BCUT2D eigenvalue weighted by Crippen LogP contribution is 2.27. The number of ether oxygens (including phenoxy) is 3. The van der Waals surface area contributed by atoms with Crippen molar-refractivity contribution in [3.05, 3.63) is 66.2 Å². The van der Waals surface area contributed by atoms with Crippen molar-refractivity contribution in [3.8, 4) is 23.3 Å². The predicted octanol–water partition coefficient (Wildman–Crippen LogP) is 4.18. The lowest BCUT2D eigenvalue weighted by molar-refractivity contribution is 0.211. The van der Waals surface area contributed by atoms with E-state index in [4.69, 9.17) is 19.5 Å². The van der Waals surface area contributed by atoms with Crippen LogP contribution in [-0.2, 0) is 0 Å². The SMILES string of the molecule is COc1cc(C#N)ccc1OCCOc1ccc2ccccc2c1. The molecule has 0 amide bonds. The third-order valence-corrected chi connectivity index (χ3v) is 3.62. The molecule has 0 atom stereocenters. The van der Waals surface area contributed by atoms with Gasteiger partial charge in [0.1, 0.15) is 19.0 Å². The van der Waals surface area contributed by atoms with Crippen LogP contribution in [0.2, 0.25) is 0 Å². The highest BCUT2D eigenvalue weighted by atomic mass is 16.5.